The summed E-state index contributed by atoms with van der Waals surface area (Å²) in [6, 6.07) is 5.90. The van der Waals surface area contributed by atoms with E-state index in [2.05, 4.69) is 31.2 Å². The van der Waals surface area contributed by atoms with Crippen molar-refractivity contribution in [2.45, 2.75) is 6.04 Å². The van der Waals surface area contributed by atoms with Crippen molar-refractivity contribution >= 4 is 45.1 Å². The summed E-state index contributed by atoms with van der Waals surface area (Å²) >= 11 is 3.29. The van der Waals surface area contributed by atoms with Gasteiger partial charge < -0.3 is 4.74 Å². The standard InChI is InChI=1S/C13H10BrN3O4/c1-21-13(20)10-8-9(15-16-10)12(19)17(11(8)18)7-4-2-6(14)3-5-7/h2-5,8-9,15H,1H3. The number of carbonyl (C=O) groups excluding carboxylic acids is 3. The molecule has 108 valence electrons. The molecule has 1 saturated heterocycles. The Bertz CT molecular complexity index is 670. The number of esters is 1. The lowest BCUT2D eigenvalue weighted by Gasteiger charge is -2.15. The van der Waals surface area contributed by atoms with Gasteiger partial charge in [0.15, 0.2) is 5.71 Å². The van der Waals surface area contributed by atoms with E-state index in [-0.39, 0.29) is 5.71 Å². The molecule has 2 heterocycles. The molecule has 8 heteroatoms. The molecule has 2 aliphatic rings. The van der Waals surface area contributed by atoms with Crippen LogP contribution in [0.25, 0.3) is 0 Å². The fraction of sp³-hybridized carbons (Fsp3) is 0.231. The Morgan fingerprint density at radius 3 is 2.57 bits per heavy atom. The second-order valence-corrected chi connectivity index (χ2v) is 5.48. The number of imide groups is 1. The minimum atomic E-state index is -0.936. The predicted molar refractivity (Wildman–Crippen MR) is 76.5 cm³/mol. The Labute approximate surface area is 128 Å². The maximum atomic E-state index is 12.5. The van der Waals surface area contributed by atoms with Gasteiger partial charge in [-0.3, -0.25) is 15.0 Å². The molecule has 2 amide bonds. The lowest BCUT2D eigenvalue weighted by molar-refractivity contribution is -0.133. The maximum Gasteiger partial charge on any atom is 0.355 e. The SMILES string of the molecule is COC(=O)C1=NNC2C(=O)N(c3ccc(Br)cc3)C(=O)C12. The molecule has 0 bridgehead atoms. The maximum absolute atomic E-state index is 12.5. The van der Waals surface area contributed by atoms with Crippen LogP contribution in [0.2, 0.25) is 0 Å². The quantitative estimate of drug-likeness (QED) is 0.616. The highest BCUT2D eigenvalue weighted by Gasteiger charge is 2.55. The molecule has 0 aromatic heterocycles. The molecule has 0 radical (unpaired) electrons. The van der Waals surface area contributed by atoms with Gasteiger partial charge in [0.1, 0.15) is 12.0 Å². The van der Waals surface area contributed by atoms with Crippen LogP contribution in [0.1, 0.15) is 0 Å². The van der Waals surface area contributed by atoms with E-state index in [9.17, 15) is 14.4 Å². The van der Waals surface area contributed by atoms with Crippen molar-refractivity contribution in [1.29, 1.82) is 0 Å². The molecule has 1 N–H and O–H groups in total. The average Bonchev–Trinajstić information content (AvgIpc) is 3.01. The fourth-order valence-corrected chi connectivity index (χ4v) is 2.67. The van der Waals surface area contributed by atoms with Crippen LogP contribution in [0.4, 0.5) is 5.69 Å². The number of anilines is 1. The number of nitrogens with one attached hydrogen (secondary N) is 1. The van der Waals surface area contributed by atoms with E-state index in [1.807, 2.05) is 0 Å². The highest BCUT2D eigenvalue weighted by Crippen LogP contribution is 2.31. The van der Waals surface area contributed by atoms with E-state index in [0.717, 1.165) is 9.37 Å². The minimum Gasteiger partial charge on any atom is -0.464 e. The van der Waals surface area contributed by atoms with Crippen LogP contribution < -0.4 is 10.3 Å². The highest BCUT2D eigenvalue weighted by molar-refractivity contribution is 9.10. The number of hydrazone groups is 1. The number of rotatable bonds is 2. The van der Waals surface area contributed by atoms with Gasteiger partial charge in [-0.05, 0) is 24.3 Å². The topological polar surface area (TPSA) is 88.1 Å². The summed E-state index contributed by atoms with van der Waals surface area (Å²) in [7, 11) is 1.20. The van der Waals surface area contributed by atoms with E-state index in [1.165, 1.54) is 7.11 Å². The molecular weight excluding hydrogens is 342 g/mol. The van der Waals surface area contributed by atoms with E-state index >= 15 is 0 Å². The molecule has 7 nitrogen and oxygen atoms in total. The first kappa shape index (κ1) is 13.7. The van der Waals surface area contributed by atoms with Crippen molar-refractivity contribution in [2.24, 2.45) is 11.0 Å². The fourth-order valence-electron chi connectivity index (χ4n) is 2.41. The number of halogens is 1. The second-order valence-electron chi connectivity index (χ2n) is 4.56. The minimum absolute atomic E-state index is 0.0690. The molecule has 2 unspecified atom stereocenters. The number of fused-ring (bicyclic) bond motifs is 1. The summed E-state index contributed by atoms with van der Waals surface area (Å²) in [6.45, 7) is 0. The zero-order chi connectivity index (χ0) is 15.1. The number of hydrogen-bond donors (Lipinski definition) is 1. The van der Waals surface area contributed by atoms with Crippen molar-refractivity contribution in [3.8, 4) is 0 Å². The Morgan fingerprint density at radius 1 is 1.29 bits per heavy atom. The molecular formula is C13H10BrN3O4. The Morgan fingerprint density at radius 2 is 1.95 bits per heavy atom. The summed E-state index contributed by atoms with van der Waals surface area (Å²) in [6.07, 6.45) is 0. The zero-order valence-electron chi connectivity index (χ0n) is 10.9. The highest BCUT2D eigenvalue weighted by atomic mass is 79.9. The lowest BCUT2D eigenvalue weighted by atomic mass is 9.99. The van der Waals surface area contributed by atoms with E-state index in [0.29, 0.717) is 5.69 Å². The lowest BCUT2D eigenvalue weighted by Crippen LogP contribution is -2.36. The zero-order valence-corrected chi connectivity index (χ0v) is 12.5. The van der Waals surface area contributed by atoms with Gasteiger partial charge in [0, 0.05) is 4.47 Å². The molecule has 1 fully saturated rings. The van der Waals surface area contributed by atoms with Crippen LogP contribution in [0, 0.1) is 5.92 Å². The van der Waals surface area contributed by atoms with Crippen LogP contribution in [-0.2, 0) is 19.1 Å². The summed E-state index contributed by atoms with van der Waals surface area (Å²) in [5, 5.41) is 3.75. The van der Waals surface area contributed by atoms with Crippen LogP contribution in [0.3, 0.4) is 0 Å². The van der Waals surface area contributed by atoms with Crippen LogP contribution in [0.15, 0.2) is 33.8 Å². The summed E-state index contributed by atoms with van der Waals surface area (Å²) in [5.41, 5.74) is 2.92. The third-order valence-electron chi connectivity index (χ3n) is 3.40. The molecule has 2 aliphatic heterocycles. The third-order valence-corrected chi connectivity index (χ3v) is 3.93. The van der Waals surface area contributed by atoms with Crippen molar-refractivity contribution < 1.29 is 19.1 Å². The van der Waals surface area contributed by atoms with Crippen LogP contribution in [-0.4, -0.2) is 36.6 Å². The summed E-state index contributed by atoms with van der Waals surface area (Å²) in [4.78, 5) is 37.5. The number of amides is 2. The molecule has 0 aliphatic carbocycles. The van der Waals surface area contributed by atoms with Crippen molar-refractivity contribution in [3.05, 3.63) is 28.7 Å². The van der Waals surface area contributed by atoms with Crippen molar-refractivity contribution in [2.75, 3.05) is 12.0 Å². The predicted octanol–water partition coefficient (Wildman–Crippen LogP) is 0.439. The van der Waals surface area contributed by atoms with Gasteiger partial charge in [0.25, 0.3) is 5.91 Å². The number of ether oxygens (including phenoxy) is 1. The van der Waals surface area contributed by atoms with Gasteiger partial charge in [0.05, 0.1) is 12.8 Å². The normalized spacial score (nSPS) is 23.7. The summed E-state index contributed by atoms with van der Waals surface area (Å²) in [5.74, 6) is -2.57. The number of benzene rings is 1. The average molecular weight is 352 g/mol. The number of nitrogens with zero attached hydrogens (tertiary/aromatic N) is 2. The molecule has 0 spiro atoms. The third kappa shape index (κ3) is 2.02. The summed E-state index contributed by atoms with van der Waals surface area (Å²) < 4.78 is 5.42. The largest absolute Gasteiger partial charge is 0.464 e. The Balaban J connectivity index is 1.95. The van der Waals surface area contributed by atoms with Gasteiger partial charge in [-0.2, -0.15) is 5.10 Å². The first-order valence-corrected chi connectivity index (χ1v) is 6.88. The van der Waals surface area contributed by atoms with E-state index < -0.39 is 29.7 Å². The molecule has 0 saturated carbocycles. The smallest absolute Gasteiger partial charge is 0.355 e. The van der Waals surface area contributed by atoms with Crippen molar-refractivity contribution in [1.82, 2.24) is 5.43 Å². The van der Waals surface area contributed by atoms with Crippen molar-refractivity contribution in [3.63, 3.8) is 0 Å². The van der Waals surface area contributed by atoms with E-state index in [1.54, 1.807) is 24.3 Å². The molecule has 2 atom stereocenters. The molecule has 3 rings (SSSR count). The van der Waals surface area contributed by atoms with Gasteiger partial charge in [0.2, 0.25) is 5.91 Å². The van der Waals surface area contributed by atoms with Gasteiger partial charge >= 0.3 is 5.97 Å². The van der Waals surface area contributed by atoms with E-state index in [4.69, 9.17) is 0 Å². The Hall–Kier alpha value is -2.22. The van der Waals surface area contributed by atoms with Gasteiger partial charge in [-0.1, -0.05) is 15.9 Å². The monoisotopic (exact) mass is 351 g/mol. The van der Waals surface area contributed by atoms with Gasteiger partial charge in [-0.25, -0.2) is 9.69 Å². The number of methoxy groups -OCH3 is 1. The molecule has 1 aromatic rings. The van der Waals surface area contributed by atoms with Crippen LogP contribution in [0.5, 0.6) is 0 Å². The second kappa shape index (κ2) is 4.96. The van der Waals surface area contributed by atoms with Crippen LogP contribution >= 0.6 is 15.9 Å². The first-order valence-electron chi connectivity index (χ1n) is 6.09. The number of carbonyl (C=O) groups is 3. The Kier molecular flexibility index (Phi) is 3.25. The number of hydrogen-bond acceptors (Lipinski definition) is 6. The van der Waals surface area contributed by atoms with Gasteiger partial charge in [-0.15, -0.1) is 0 Å². The molecule has 21 heavy (non-hydrogen) atoms. The first-order chi connectivity index (χ1) is 10.0. The molecule has 1 aromatic carbocycles.